The van der Waals surface area contributed by atoms with E-state index in [1.807, 2.05) is 19.1 Å². The number of benzene rings is 1. The number of hydrogen-bond acceptors (Lipinski definition) is 2. The Kier molecular flexibility index (Phi) is 3.72. The molecular formula is C13H15N3OS. The lowest BCUT2D eigenvalue weighted by Crippen LogP contribution is -2.24. The van der Waals surface area contributed by atoms with Crippen LogP contribution < -0.4 is 11.5 Å². The molecule has 0 aliphatic carbocycles. The van der Waals surface area contributed by atoms with Gasteiger partial charge in [-0.05, 0) is 29.7 Å². The third kappa shape index (κ3) is 2.56. The van der Waals surface area contributed by atoms with E-state index in [1.165, 1.54) is 0 Å². The summed E-state index contributed by atoms with van der Waals surface area (Å²) < 4.78 is 0. The minimum atomic E-state index is -0.371. The van der Waals surface area contributed by atoms with Crippen LogP contribution in [0.2, 0.25) is 0 Å². The minimum Gasteiger partial charge on any atom is -0.370 e. The van der Waals surface area contributed by atoms with Crippen molar-refractivity contribution in [2.24, 2.45) is 16.5 Å². The smallest absolute Gasteiger partial charge is 0.280 e. The second kappa shape index (κ2) is 5.27. The van der Waals surface area contributed by atoms with Crippen LogP contribution in [-0.4, -0.2) is 17.6 Å². The van der Waals surface area contributed by atoms with Gasteiger partial charge in [-0.3, -0.25) is 4.79 Å². The second-order valence-electron chi connectivity index (χ2n) is 3.96. The monoisotopic (exact) mass is 261 g/mol. The maximum Gasteiger partial charge on any atom is 0.280 e. The minimum absolute atomic E-state index is 0.202. The van der Waals surface area contributed by atoms with E-state index >= 15 is 0 Å². The van der Waals surface area contributed by atoms with Gasteiger partial charge in [-0.25, -0.2) is 0 Å². The van der Waals surface area contributed by atoms with Crippen LogP contribution in [0, 0.1) is 0 Å². The number of aliphatic imine (C=N–C) groups is 1. The molecule has 1 aromatic rings. The van der Waals surface area contributed by atoms with Crippen LogP contribution in [0.3, 0.4) is 0 Å². The Morgan fingerprint density at radius 1 is 1.44 bits per heavy atom. The molecule has 4 nitrogen and oxygen atoms in total. The number of fused-ring (bicyclic) bond motifs is 1. The zero-order chi connectivity index (χ0) is 13.1. The van der Waals surface area contributed by atoms with E-state index in [1.54, 1.807) is 11.8 Å². The Morgan fingerprint density at radius 3 is 2.89 bits per heavy atom. The summed E-state index contributed by atoms with van der Waals surface area (Å²) in [6.45, 7) is 2.01. The third-order valence-corrected chi connectivity index (χ3v) is 3.73. The van der Waals surface area contributed by atoms with Gasteiger partial charge in [0.25, 0.3) is 5.91 Å². The first-order valence-electron chi connectivity index (χ1n) is 5.72. The van der Waals surface area contributed by atoms with Crippen LogP contribution in [0.4, 0.5) is 0 Å². The summed E-state index contributed by atoms with van der Waals surface area (Å²) in [7, 11) is 0. The Bertz CT molecular complexity index is 545. The quantitative estimate of drug-likeness (QED) is 0.628. The van der Waals surface area contributed by atoms with E-state index in [2.05, 4.69) is 17.1 Å². The number of nitrogens with zero attached hydrogens (tertiary/aromatic N) is 1. The summed E-state index contributed by atoms with van der Waals surface area (Å²) in [5.41, 5.74) is 13.2. The van der Waals surface area contributed by atoms with Gasteiger partial charge < -0.3 is 11.5 Å². The molecule has 0 unspecified atom stereocenters. The lowest BCUT2D eigenvalue weighted by molar-refractivity contribution is 0.100. The van der Waals surface area contributed by atoms with Crippen LogP contribution in [0.25, 0.3) is 6.08 Å². The predicted octanol–water partition coefficient (Wildman–Crippen LogP) is 1.78. The molecule has 1 heterocycles. The van der Waals surface area contributed by atoms with Crippen molar-refractivity contribution in [1.82, 2.24) is 0 Å². The largest absolute Gasteiger partial charge is 0.370 e. The average Bonchev–Trinajstić information content (AvgIpc) is 2.36. The standard InChI is InChI=1S/C13H15N3OS/c1-2-8-6-9-4-3-5-18-11(9)7-10(8)12(17)16-13(14)15/h3-4,6-7H,2,5H2,1H3,(H4,14,15,16,17). The molecule has 1 amide bonds. The number of rotatable bonds is 2. The number of carbonyl (C=O) groups is 1. The molecule has 0 saturated carbocycles. The van der Waals surface area contributed by atoms with Crippen LogP contribution >= 0.6 is 11.8 Å². The number of amides is 1. The van der Waals surface area contributed by atoms with E-state index in [9.17, 15) is 4.79 Å². The number of carbonyl (C=O) groups excluding carboxylic acids is 1. The molecular weight excluding hydrogens is 246 g/mol. The van der Waals surface area contributed by atoms with Crippen molar-refractivity contribution in [1.29, 1.82) is 0 Å². The van der Waals surface area contributed by atoms with Gasteiger partial charge in [-0.1, -0.05) is 19.1 Å². The Morgan fingerprint density at radius 2 is 2.22 bits per heavy atom. The second-order valence-corrected chi connectivity index (χ2v) is 5.02. The lowest BCUT2D eigenvalue weighted by atomic mass is 10.0. The molecule has 0 aromatic heterocycles. The summed E-state index contributed by atoms with van der Waals surface area (Å²) in [5, 5.41) is 0. The highest BCUT2D eigenvalue weighted by Gasteiger charge is 2.15. The van der Waals surface area contributed by atoms with E-state index in [-0.39, 0.29) is 11.9 Å². The lowest BCUT2D eigenvalue weighted by Gasteiger charge is -2.14. The van der Waals surface area contributed by atoms with Crippen LogP contribution in [0.1, 0.15) is 28.4 Å². The fourth-order valence-corrected chi connectivity index (χ4v) is 2.75. The number of aryl methyl sites for hydroxylation is 1. The average molecular weight is 261 g/mol. The zero-order valence-electron chi connectivity index (χ0n) is 10.1. The summed E-state index contributed by atoms with van der Waals surface area (Å²) >= 11 is 1.71. The maximum atomic E-state index is 11.9. The Labute approximate surface area is 110 Å². The zero-order valence-corrected chi connectivity index (χ0v) is 11.0. The predicted molar refractivity (Wildman–Crippen MR) is 75.7 cm³/mol. The molecule has 5 heteroatoms. The van der Waals surface area contributed by atoms with Gasteiger partial charge in [-0.15, -0.1) is 11.8 Å². The normalized spacial score (nSPS) is 12.9. The molecule has 0 bridgehead atoms. The highest BCUT2D eigenvalue weighted by molar-refractivity contribution is 7.99. The van der Waals surface area contributed by atoms with Gasteiger partial charge in [0.05, 0.1) is 0 Å². The molecule has 0 spiro atoms. The number of thioether (sulfide) groups is 1. The molecule has 0 fully saturated rings. The fraction of sp³-hybridized carbons (Fsp3) is 0.231. The topological polar surface area (TPSA) is 81.5 Å². The number of guanidine groups is 1. The van der Waals surface area contributed by atoms with E-state index in [0.717, 1.165) is 28.2 Å². The van der Waals surface area contributed by atoms with Crippen molar-refractivity contribution in [3.8, 4) is 0 Å². The van der Waals surface area contributed by atoms with E-state index < -0.39 is 0 Å². The third-order valence-electron chi connectivity index (χ3n) is 2.71. The van der Waals surface area contributed by atoms with Crippen molar-refractivity contribution < 1.29 is 4.79 Å². The first-order chi connectivity index (χ1) is 8.61. The molecule has 18 heavy (non-hydrogen) atoms. The van der Waals surface area contributed by atoms with Crippen LogP contribution in [0.5, 0.6) is 0 Å². The summed E-state index contributed by atoms with van der Waals surface area (Å²) in [4.78, 5) is 16.7. The molecule has 94 valence electrons. The highest BCUT2D eigenvalue weighted by Crippen LogP contribution is 2.31. The van der Waals surface area contributed by atoms with Gasteiger partial charge in [0, 0.05) is 16.2 Å². The summed E-state index contributed by atoms with van der Waals surface area (Å²) in [6, 6.07) is 3.92. The number of nitrogens with two attached hydrogens (primary N) is 2. The van der Waals surface area contributed by atoms with Gasteiger partial charge in [-0.2, -0.15) is 4.99 Å². The molecule has 1 aliphatic heterocycles. The van der Waals surface area contributed by atoms with Gasteiger partial charge in [0.1, 0.15) is 0 Å². The Balaban J connectivity index is 2.50. The van der Waals surface area contributed by atoms with Gasteiger partial charge in [0.15, 0.2) is 5.96 Å². The van der Waals surface area contributed by atoms with Gasteiger partial charge in [0.2, 0.25) is 0 Å². The molecule has 4 N–H and O–H groups in total. The van der Waals surface area contributed by atoms with Gasteiger partial charge >= 0.3 is 0 Å². The Hall–Kier alpha value is -1.75. The summed E-state index contributed by atoms with van der Waals surface area (Å²) in [6.07, 6.45) is 4.97. The van der Waals surface area contributed by atoms with Crippen molar-refractivity contribution in [2.75, 3.05) is 5.75 Å². The van der Waals surface area contributed by atoms with Crippen molar-refractivity contribution in [3.05, 3.63) is 34.9 Å². The maximum absolute atomic E-state index is 11.9. The van der Waals surface area contributed by atoms with Crippen molar-refractivity contribution in [2.45, 2.75) is 18.2 Å². The van der Waals surface area contributed by atoms with Crippen LogP contribution in [0.15, 0.2) is 28.1 Å². The highest BCUT2D eigenvalue weighted by atomic mass is 32.2. The molecule has 1 aromatic carbocycles. The van der Waals surface area contributed by atoms with E-state index in [0.29, 0.717) is 5.56 Å². The molecule has 0 saturated heterocycles. The summed E-state index contributed by atoms with van der Waals surface area (Å²) in [5.74, 6) is 0.353. The SMILES string of the molecule is CCc1cc2c(cc1C(=O)N=C(N)N)SCC=C2. The van der Waals surface area contributed by atoms with Crippen molar-refractivity contribution in [3.63, 3.8) is 0 Å². The molecule has 0 atom stereocenters. The first kappa shape index (κ1) is 12.7. The van der Waals surface area contributed by atoms with E-state index in [4.69, 9.17) is 11.5 Å². The molecule has 1 aliphatic rings. The number of hydrogen-bond donors (Lipinski definition) is 2. The van der Waals surface area contributed by atoms with Crippen molar-refractivity contribution >= 4 is 29.7 Å². The molecule has 0 radical (unpaired) electrons. The fourth-order valence-electron chi connectivity index (χ4n) is 1.88. The van der Waals surface area contributed by atoms with Crippen LogP contribution in [-0.2, 0) is 6.42 Å². The molecule has 2 rings (SSSR count). The first-order valence-corrected chi connectivity index (χ1v) is 6.70.